The van der Waals surface area contributed by atoms with Gasteiger partial charge in [-0.3, -0.25) is 4.99 Å². The fraction of sp³-hybridized carbons (Fsp3) is 0.611. The Balaban J connectivity index is 1.57. The lowest BCUT2D eigenvalue weighted by Gasteiger charge is -2.38. The molecule has 1 aliphatic carbocycles. The van der Waals surface area contributed by atoms with Gasteiger partial charge in [-0.05, 0) is 30.2 Å². The third-order valence-electron chi connectivity index (χ3n) is 5.27. The van der Waals surface area contributed by atoms with Crippen molar-refractivity contribution in [1.82, 2.24) is 10.2 Å². The molecule has 1 aliphatic heterocycles. The molecule has 1 saturated carbocycles. The van der Waals surface area contributed by atoms with Gasteiger partial charge in [-0.25, -0.2) is 0 Å². The van der Waals surface area contributed by atoms with Crippen molar-refractivity contribution in [3.8, 4) is 0 Å². The molecular weight excluding hydrogens is 274 g/mol. The van der Waals surface area contributed by atoms with Crippen molar-refractivity contribution in [1.29, 1.82) is 0 Å². The van der Waals surface area contributed by atoms with E-state index in [0.717, 1.165) is 25.6 Å². The number of guanidine groups is 1. The van der Waals surface area contributed by atoms with Gasteiger partial charge in [0.15, 0.2) is 5.96 Å². The van der Waals surface area contributed by atoms with E-state index in [0.29, 0.717) is 5.41 Å². The number of methoxy groups -OCH3 is 1. The van der Waals surface area contributed by atoms with Crippen molar-refractivity contribution < 1.29 is 4.74 Å². The predicted molar refractivity (Wildman–Crippen MR) is 90.0 cm³/mol. The van der Waals surface area contributed by atoms with Crippen LogP contribution in [0.1, 0.15) is 37.4 Å². The molecule has 0 aromatic heterocycles. The van der Waals surface area contributed by atoms with E-state index in [1.54, 1.807) is 7.11 Å². The third kappa shape index (κ3) is 3.12. The molecule has 22 heavy (non-hydrogen) atoms. The molecule has 1 unspecified atom stereocenters. The summed E-state index contributed by atoms with van der Waals surface area (Å²) in [6.45, 7) is 3.04. The lowest BCUT2D eigenvalue weighted by Crippen LogP contribution is -2.43. The topological polar surface area (TPSA) is 36.9 Å². The third-order valence-corrected chi connectivity index (χ3v) is 5.27. The largest absolute Gasteiger partial charge is 0.375 e. The molecule has 0 amide bonds. The van der Waals surface area contributed by atoms with Crippen LogP contribution < -0.4 is 5.32 Å². The van der Waals surface area contributed by atoms with E-state index in [-0.39, 0.29) is 6.10 Å². The van der Waals surface area contributed by atoms with Crippen LogP contribution in [0.15, 0.2) is 35.3 Å². The first-order valence-corrected chi connectivity index (χ1v) is 8.30. The molecule has 1 aromatic rings. The maximum absolute atomic E-state index is 5.63. The van der Waals surface area contributed by atoms with Crippen molar-refractivity contribution in [3.63, 3.8) is 0 Å². The molecule has 1 spiro atoms. The number of benzene rings is 1. The summed E-state index contributed by atoms with van der Waals surface area (Å²) in [6.07, 6.45) is 5.56. The molecule has 120 valence electrons. The van der Waals surface area contributed by atoms with Crippen LogP contribution in [0.2, 0.25) is 0 Å². The molecule has 1 heterocycles. The number of nitrogens with one attached hydrogen (secondary N) is 1. The standard InChI is InChI=1S/C18H27N3O/c1-19-17(21-12-11-18(14-21)9-6-10-18)20-13-16(22-2)15-7-4-3-5-8-15/h3-5,7-8,16H,6,9-14H2,1-2H3,(H,19,20). The van der Waals surface area contributed by atoms with E-state index in [1.165, 1.54) is 31.2 Å². The summed E-state index contributed by atoms with van der Waals surface area (Å²) >= 11 is 0. The van der Waals surface area contributed by atoms with Crippen molar-refractivity contribution in [2.24, 2.45) is 10.4 Å². The smallest absolute Gasteiger partial charge is 0.193 e. The lowest BCUT2D eigenvalue weighted by atomic mass is 9.68. The van der Waals surface area contributed by atoms with Gasteiger partial charge >= 0.3 is 0 Å². The summed E-state index contributed by atoms with van der Waals surface area (Å²) in [5.41, 5.74) is 1.79. The Morgan fingerprint density at radius 3 is 2.64 bits per heavy atom. The molecule has 3 rings (SSSR count). The summed E-state index contributed by atoms with van der Waals surface area (Å²) in [5.74, 6) is 1.02. The molecule has 1 saturated heterocycles. The molecule has 4 nitrogen and oxygen atoms in total. The average Bonchev–Trinajstić information content (AvgIpc) is 2.98. The van der Waals surface area contributed by atoms with E-state index >= 15 is 0 Å². The van der Waals surface area contributed by atoms with Gasteiger partial charge in [0.25, 0.3) is 0 Å². The summed E-state index contributed by atoms with van der Waals surface area (Å²) in [7, 11) is 3.64. The Labute approximate surface area is 133 Å². The molecule has 0 radical (unpaired) electrons. The van der Waals surface area contributed by atoms with Crippen molar-refractivity contribution in [3.05, 3.63) is 35.9 Å². The van der Waals surface area contributed by atoms with Crippen molar-refractivity contribution >= 4 is 5.96 Å². The SMILES string of the molecule is CN=C(NCC(OC)c1ccccc1)N1CCC2(CCC2)C1. The van der Waals surface area contributed by atoms with E-state index < -0.39 is 0 Å². The summed E-state index contributed by atoms with van der Waals surface area (Å²) in [5, 5.41) is 3.50. The van der Waals surface area contributed by atoms with Crippen molar-refractivity contribution in [2.45, 2.75) is 31.8 Å². The predicted octanol–water partition coefficient (Wildman–Crippen LogP) is 2.83. The molecule has 2 fully saturated rings. The van der Waals surface area contributed by atoms with E-state index in [2.05, 4.69) is 39.5 Å². The van der Waals surface area contributed by atoms with E-state index in [4.69, 9.17) is 4.74 Å². The number of ether oxygens (including phenoxy) is 1. The Hall–Kier alpha value is -1.55. The van der Waals surface area contributed by atoms with E-state index in [9.17, 15) is 0 Å². The number of nitrogens with zero attached hydrogens (tertiary/aromatic N) is 2. The maximum atomic E-state index is 5.63. The lowest BCUT2D eigenvalue weighted by molar-refractivity contribution is 0.105. The first-order valence-electron chi connectivity index (χ1n) is 8.30. The Morgan fingerprint density at radius 2 is 2.09 bits per heavy atom. The highest BCUT2D eigenvalue weighted by molar-refractivity contribution is 5.80. The van der Waals surface area contributed by atoms with Gasteiger partial charge in [-0.2, -0.15) is 0 Å². The second-order valence-electron chi connectivity index (χ2n) is 6.59. The Morgan fingerprint density at radius 1 is 1.32 bits per heavy atom. The normalized spacial score (nSPS) is 21.7. The summed E-state index contributed by atoms with van der Waals surface area (Å²) in [4.78, 5) is 6.88. The van der Waals surface area contributed by atoms with Gasteiger partial charge in [0.2, 0.25) is 0 Å². The molecule has 1 atom stereocenters. The first-order chi connectivity index (χ1) is 10.8. The minimum absolute atomic E-state index is 0.0539. The van der Waals surface area contributed by atoms with E-state index in [1.807, 2.05) is 13.1 Å². The van der Waals surface area contributed by atoms with Crippen LogP contribution in [-0.4, -0.2) is 44.7 Å². The number of likely N-dealkylation sites (tertiary alicyclic amines) is 1. The molecule has 2 aliphatic rings. The first kappa shape index (κ1) is 15.3. The number of rotatable bonds is 4. The van der Waals surface area contributed by atoms with Gasteiger partial charge in [0.05, 0.1) is 6.10 Å². The zero-order valence-electron chi connectivity index (χ0n) is 13.7. The summed E-state index contributed by atoms with van der Waals surface area (Å²) < 4.78 is 5.63. The van der Waals surface area contributed by atoms with Gasteiger partial charge in [0.1, 0.15) is 0 Å². The van der Waals surface area contributed by atoms with Crippen LogP contribution >= 0.6 is 0 Å². The molecule has 0 bridgehead atoms. The number of hydrogen-bond donors (Lipinski definition) is 1. The molecule has 1 N–H and O–H groups in total. The van der Waals surface area contributed by atoms with Gasteiger partial charge in [-0.15, -0.1) is 0 Å². The average molecular weight is 301 g/mol. The highest BCUT2D eigenvalue weighted by Crippen LogP contribution is 2.47. The second-order valence-corrected chi connectivity index (χ2v) is 6.59. The fourth-order valence-corrected chi connectivity index (χ4v) is 3.72. The maximum Gasteiger partial charge on any atom is 0.193 e. The Bertz CT molecular complexity index is 510. The summed E-state index contributed by atoms with van der Waals surface area (Å²) in [6, 6.07) is 10.4. The molecular formula is C18H27N3O. The number of aliphatic imine (C=N–C) groups is 1. The van der Waals surface area contributed by atoms with Crippen LogP contribution in [0.25, 0.3) is 0 Å². The minimum atomic E-state index is 0.0539. The highest BCUT2D eigenvalue weighted by Gasteiger charge is 2.43. The van der Waals surface area contributed by atoms with Crippen LogP contribution in [0, 0.1) is 5.41 Å². The van der Waals surface area contributed by atoms with Crippen molar-refractivity contribution in [2.75, 3.05) is 33.8 Å². The molecule has 4 heteroatoms. The van der Waals surface area contributed by atoms with Gasteiger partial charge < -0.3 is 15.0 Å². The second kappa shape index (κ2) is 6.69. The minimum Gasteiger partial charge on any atom is -0.375 e. The Kier molecular flexibility index (Phi) is 4.67. The van der Waals surface area contributed by atoms with Crippen LogP contribution in [-0.2, 0) is 4.74 Å². The van der Waals surface area contributed by atoms with Gasteiger partial charge in [0, 0.05) is 33.8 Å². The zero-order valence-corrected chi connectivity index (χ0v) is 13.7. The highest BCUT2D eigenvalue weighted by atomic mass is 16.5. The van der Waals surface area contributed by atoms with Crippen LogP contribution in [0.4, 0.5) is 0 Å². The fourth-order valence-electron chi connectivity index (χ4n) is 3.72. The monoisotopic (exact) mass is 301 g/mol. The van der Waals surface area contributed by atoms with Crippen LogP contribution in [0.3, 0.4) is 0 Å². The van der Waals surface area contributed by atoms with Crippen LogP contribution in [0.5, 0.6) is 0 Å². The number of hydrogen-bond acceptors (Lipinski definition) is 2. The van der Waals surface area contributed by atoms with Gasteiger partial charge in [-0.1, -0.05) is 36.8 Å². The zero-order chi connectivity index (χ0) is 15.4. The molecule has 1 aromatic carbocycles. The quantitative estimate of drug-likeness (QED) is 0.686.